The smallest absolute Gasteiger partial charge is 0.310 e. The maximum Gasteiger partial charge on any atom is 0.310 e. The van der Waals surface area contributed by atoms with Crippen molar-refractivity contribution in [3.8, 4) is 0 Å². The molecule has 0 aliphatic heterocycles. The van der Waals surface area contributed by atoms with Gasteiger partial charge in [0.05, 0.1) is 26.1 Å². The van der Waals surface area contributed by atoms with Gasteiger partial charge in [-0.3, -0.25) is 9.59 Å². The first-order valence-electron chi connectivity index (χ1n) is 7.03. The lowest BCUT2D eigenvalue weighted by Crippen LogP contribution is -2.58. The van der Waals surface area contributed by atoms with E-state index in [2.05, 4.69) is 19.9 Å². The van der Waals surface area contributed by atoms with Crippen LogP contribution in [0.5, 0.6) is 0 Å². The van der Waals surface area contributed by atoms with Crippen molar-refractivity contribution in [2.24, 2.45) is 28.6 Å². The van der Waals surface area contributed by atoms with Gasteiger partial charge in [0.15, 0.2) is 0 Å². The molecule has 1 fully saturated rings. The Hall–Kier alpha value is -1.32. The van der Waals surface area contributed by atoms with E-state index in [1.54, 1.807) is 0 Å². The van der Waals surface area contributed by atoms with E-state index in [1.165, 1.54) is 19.8 Å². The molecule has 0 aromatic carbocycles. The Morgan fingerprint density at radius 2 is 1.70 bits per heavy atom. The second-order valence-electron chi connectivity index (χ2n) is 7.09. The highest BCUT2D eigenvalue weighted by Gasteiger charge is 2.62. The lowest BCUT2D eigenvalue weighted by atomic mass is 9.45. The molecule has 3 aliphatic rings. The van der Waals surface area contributed by atoms with E-state index in [4.69, 9.17) is 9.47 Å². The zero-order chi connectivity index (χ0) is 15.3. The minimum absolute atomic E-state index is 0.0286. The van der Waals surface area contributed by atoms with Crippen LogP contribution in [-0.2, 0) is 19.1 Å². The first-order valence-corrected chi connectivity index (χ1v) is 7.03. The molecule has 2 bridgehead atoms. The molecule has 3 aliphatic carbocycles. The minimum atomic E-state index is -0.457. The number of carbonyl (C=O) groups excluding carboxylic acids is 2. The molecule has 0 spiro atoms. The molecule has 0 saturated heterocycles. The number of esters is 2. The van der Waals surface area contributed by atoms with Crippen molar-refractivity contribution in [2.45, 2.75) is 34.1 Å². The van der Waals surface area contributed by atoms with Crippen LogP contribution in [0.1, 0.15) is 34.1 Å². The van der Waals surface area contributed by atoms with Crippen molar-refractivity contribution in [3.63, 3.8) is 0 Å². The second-order valence-corrected chi connectivity index (χ2v) is 7.09. The number of allylic oxidation sites excluding steroid dienone is 2. The quantitative estimate of drug-likeness (QED) is 0.576. The van der Waals surface area contributed by atoms with Crippen LogP contribution < -0.4 is 0 Å². The summed E-state index contributed by atoms with van der Waals surface area (Å²) in [5, 5.41) is 0. The van der Waals surface area contributed by atoms with E-state index < -0.39 is 11.8 Å². The molecule has 4 atom stereocenters. The molecule has 112 valence electrons. The summed E-state index contributed by atoms with van der Waals surface area (Å²) in [5.74, 6) is -1.50. The predicted molar refractivity (Wildman–Crippen MR) is 74.8 cm³/mol. The largest absolute Gasteiger partial charge is 0.469 e. The van der Waals surface area contributed by atoms with Crippen LogP contribution in [-0.4, -0.2) is 26.2 Å². The molecule has 1 saturated carbocycles. The monoisotopic (exact) mass is 280 g/mol. The molecule has 0 amide bonds. The van der Waals surface area contributed by atoms with E-state index in [9.17, 15) is 9.59 Å². The Labute approximate surface area is 120 Å². The lowest BCUT2D eigenvalue weighted by Gasteiger charge is -2.58. The normalized spacial score (nSPS) is 38.1. The summed E-state index contributed by atoms with van der Waals surface area (Å²) in [6.07, 6.45) is 3.03. The number of hydrogen-bond donors (Lipinski definition) is 0. The Morgan fingerprint density at radius 1 is 1.15 bits per heavy atom. The van der Waals surface area contributed by atoms with Crippen molar-refractivity contribution in [2.75, 3.05) is 14.2 Å². The molecular weight excluding hydrogens is 256 g/mol. The fraction of sp³-hybridized carbons (Fsp3) is 0.750. The number of rotatable bonds is 2. The summed E-state index contributed by atoms with van der Waals surface area (Å²) in [4.78, 5) is 24.6. The standard InChI is InChI=1S/C16H24O4/c1-9-7-16(4)8-15(2,3)11(9)10(13(17)19-5)12(16)14(18)20-6/h7,10-12H,8H2,1-6H3/t10-,11-,12+,16-/m0/s1. The van der Waals surface area contributed by atoms with E-state index in [-0.39, 0.29) is 28.7 Å². The zero-order valence-corrected chi connectivity index (χ0v) is 13.1. The van der Waals surface area contributed by atoms with Crippen LogP contribution in [0.2, 0.25) is 0 Å². The molecule has 0 radical (unpaired) electrons. The fourth-order valence-electron chi connectivity index (χ4n) is 4.89. The van der Waals surface area contributed by atoms with Crippen molar-refractivity contribution in [1.29, 1.82) is 0 Å². The van der Waals surface area contributed by atoms with Gasteiger partial charge >= 0.3 is 11.9 Å². The van der Waals surface area contributed by atoms with Gasteiger partial charge < -0.3 is 9.47 Å². The van der Waals surface area contributed by atoms with Crippen LogP contribution in [0.3, 0.4) is 0 Å². The maximum atomic E-state index is 12.3. The molecule has 0 heterocycles. The molecule has 4 nitrogen and oxygen atoms in total. The van der Waals surface area contributed by atoms with E-state index >= 15 is 0 Å². The Balaban J connectivity index is 2.59. The van der Waals surface area contributed by atoms with Crippen molar-refractivity contribution >= 4 is 11.9 Å². The summed E-state index contributed by atoms with van der Waals surface area (Å²) in [7, 11) is 2.76. The highest BCUT2D eigenvalue weighted by molar-refractivity contribution is 5.84. The van der Waals surface area contributed by atoms with Crippen molar-refractivity contribution in [1.82, 2.24) is 0 Å². The highest BCUT2D eigenvalue weighted by atomic mass is 16.5. The van der Waals surface area contributed by atoms with Gasteiger partial charge in [-0.25, -0.2) is 0 Å². The topological polar surface area (TPSA) is 52.6 Å². The van der Waals surface area contributed by atoms with Gasteiger partial charge in [0, 0.05) is 5.41 Å². The lowest BCUT2D eigenvalue weighted by molar-refractivity contribution is -0.176. The first-order chi connectivity index (χ1) is 9.18. The third-order valence-electron chi connectivity index (χ3n) is 5.08. The number of methoxy groups -OCH3 is 2. The average molecular weight is 280 g/mol. The first kappa shape index (κ1) is 15.1. The van der Waals surface area contributed by atoms with Gasteiger partial charge in [0.25, 0.3) is 0 Å². The highest BCUT2D eigenvalue weighted by Crippen LogP contribution is 2.62. The van der Waals surface area contributed by atoms with Crippen LogP contribution in [0.25, 0.3) is 0 Å². The number of fused-ring (bicyclic) bond motifs is 2. The average Bonchev–Trinajstić information content (AvgIpc) is 2.33. The van der Waals surface area contributed by atoms with Crippen LogP contribution >= 0.6 is 0 Å². The summed E-state index contributed by atoms with van der Waals surface area (Å²) in [6, 6.07) is 0. The molecule has 0 N–H and O–H groups in total. The van der Waals surface area contributed by atoms with E-state index in [0.29, 0.717) is 0 Å². The Bertz CT molecular complexity index is 477. The third-order valence-corrected chi connectivity index (χ3v) is 5.08. The SMILES string of the molecule is COC(=O)[C@H]1[C@@H]2C(C)=C[C@@](C)(CC2(C)C)[C@H]1C(=O)OC. The second kappa shape index (κ2) is 4.61. The Kier molecular flexibility index (Phi) is 3.47. The molecule has 0 aromatic rings. The third kappa shape index (κ3) is 1.97. The molecule has 0 unspecified atom stereocenters. The van der Waals surface area contributed by atoms with Crippen LogP contribution in [0.15, 0.2) is 11.6 Å². The van der Waals surface area contributed by atoms with E-state index in [0.717, 1.165) is 6.42 Å². The molecule has 3 rings (SSSR count). The molecular formula is C16H24O4. The van der Waals surface area contributed by atoms with Crippen LogP contribution in [0, 0.1) is 28.6 Å². The molecule has 4 heteroatoms. The zero-order valence-electron chi connectivity index (χ0n) is 13.1. The fourth-order valence-corrected chi connectivity index (χ4v) is 4.89. The van der Waals surface area contributed by atoms with Crippen molar-refractivity contribution in [3.05, 3.63) is 11.6 Å². The van der Waals surface area contributed by atoms with Gasteiger partial charge in [-0.1, -0.05) is 32.4 Å². The van der Waals surface area contributed by atoms with Crippen molar-refractivity contribution < 1.29 is 19.1 Å². The minimum Gasteiger partial charge on any atom is -0.469 e. The van der Waals surface area contributed by atoms with Gasteiger partial charge in [-0.15, -0.1) is 0 Å². The number of ether oxygens (including phenoxy) is 2. The van der Waals surface area contributed by atoms with Gasteiger partial charge in [-0.2, -0.15) is 0 Å². The maximum absolute atomic E-state index is 12.3. The predicted octanol–water partition coefficient (Wildman–Crippen LogP) is 2.58. The molecule has 20 heavy (non-hydrogen) atoms. The number of hydrogen-bond acceptors (Lipinski definition) is 4. The summed E-state index contributed by atoms with van der Waals surface area (Å²) in [6.45, 7) is 8.42. The summed E-state index contributed by atoms with van der Waals surface area (Å²) in [5.41, 5.74) is 0.796. The summed E-state index contributed by atoms with van der Waals surface area (Å²) < 4.78 is 9.94. The van der Waals surface area contributed by atoms with Gasteiger partial charge in [-0.05, 0) is 24.7 Å². The number of carbonyl (C=O) groups is 2. The molecule has 0 aromatic heterocycles. The Morgan fingerprint density at radius 3 is 2.15 bits per heavy atom. The van der Waals surface area contributed by atoms with Gasteiger partial charge in [0.2, 0.25) is 0 Å². The van der Waals surface area contributed by atoms with Crippen LogP contribution in [0.4, 0.5) is 0 Å². The van der Waals surface area contributed by atoms with E-state index in [1.807, 2.05) is 13.8 Å². The van der Waals surface area contributed by atoms with Gasteiger partial charge in [0.1, 0.15) is 0 Å². The summed E-state index contributed by atoms with van der Waals surface area (Å²) >= 11 is 0.